The molecule has 0 spiro atoms. The first kappa shape index (κ1) is 17.9. The van der Waals surface area contributed by atoms with Crippen molar-refractivity contribution < 1.29 is 22.7 Å². The molecule has 0 bridgehead atoms. The Balaban J connectivity index is 1.65. The fraction of sp³-hybridized carbons (Fsp3) is 0.350. The van der Waals surface area contributed by atoms with Crippen molar-refractivity contribution in [1.29, 1.82) is 0 Å². The van der Waals surface area contributed by atoms with E-state index in [-0.39, 0.29) is 11.7 Å². The molecule has 2 aliphatic heterocycles. The van der Waals surface area contributed by atoms with Crippen LogP contribution >= 0.6 is 0 Å². The minimum Gasteiger partial charge on any atom is -0.406 e. The number of hydrogen-bond acceptors (Lipinski definition) is 3. The molecule has 0 aliphatic carbocycles. The first-order valence-electron chi connectivity index (χ1n) is 8.77. The molecule has 0 aromatic heterocycles. The predicted octanol–water partition coefficient (Wildman–Crippen LogP) is 3.64. The van der Waals surface area contributed by atoms with Crippen molar-refractivity contribution >= 4 is 5.91 Å². The number of likely N-dealkylation sites (tertiary alicyclic amines) is 1. The van der Waals surface area contributed by atoms with Crippen LogP contribution < -0.4 is 10.1 Å². The molecule has 0 radical (unpaired) electrons. The maximum absolute atomic E-state index is 12.5. The molecule has 2 aromatic rings. The summed E-state index contributed by atoms with van der Waals surface area (Å²) in [5.74, 6) is 0.335. The standard InChI is InChI=1S/C20H19F3N2O2/c1-25-10-14-9-24-19(26)17-8-13(4-7-16(17)18(14)11-25)12-2-5-15(6-3-12)27-20(21,22)23/h2-8,14,18H,9-11H2,1H3,(H,24,26). The van der Waals surface area contributed by atoms with Crippen LogP contribution in [-0.2, 0) is 0 Å². The number of likely N-dealkylation sites (N-methyl/N-ethyl adjacent to an activating group) is 1. The third-order valence-electron chi connectivity index (χ3n) is 5.27. The van der Waals surface area contributed by atoms with Crippen molar-refractivity contribution in [1.82, 2.24) is 10.2 Å². The number of ether oxygens (including phenoxy) is 1. The van der Waals surface area contributed by atoms with Gasteiger partial charge in [-0.3, -0.25) is 4.79 Å². The number of nitrogens with zero attached hydrogens (tertiary/aromatic N) is 1. The van der Waals surface area contributed by atoms with Gasteiger partial charge in [-0.25, -0.2) is 0 Å². The average Bonchev–Trinajstić information content (AvgIpc) is 2.93. The molecular formula is C20H19F3N2O2. The van der Waals surface area contributed by atoms with Gasteiger partial charge in [0.05, 0.1) is 0 Å². The maximum atomic E-state index is 12.5. The van der Waals surface area contributed by atoms with E-state index in [2.05, 4.69) is 22.0 Å². The van der Waals surface area contributed by atoms with Gasteiger partial charge < -0.3 is 15.0 Å². The third kappa shape index (κ3) is 3.64. The van der Waals surface area contributed by atoms with Gasteiger partial charge >= 0.3 is 6.36 Å². The molecule has 2 heterocycles. The quantitative estimate of drug-likeness (QED) is 0.870. The third-order valence-corrected chi connectivity index (χ3v) is 5.27. The van der Waals surface area contributed by atoms with E-state index in [0.29, 0.717) is 23.9 Å². The van der Waals surface area contributed by atoms with Gasteiger partial charge in [0.15, 0.2) is 0 Å². The van der Waals surface area contributed by atoms with E-state index in [9.17, 15) is 18.0 Å². The molecule has 1 amide bonds. The summed E-state index contributed by atoms with van der Waals surface area (Å²) in [5, 5.41) is 3.00. The van der Waals surface area contributed by atoms with Crippen LogP contribution in [0, 0.1) is 5.92 Å². The minimum atomic E-state index is -4.71. The van der Waals surface area contributed by atoms with E-state index in [0.717, 1.165) is 29.8 Å². The van der Waals surface area contributed by atoms with E-state index in [4.69, 9.17) is 0 Å². The molecule has 7 heteroatoms. The van der Waals surface area contributed by atoms with Crippen molar-refractivity contribution in [2.24, 2.45) is 5.92 Å². The van der Waals surface area contributed by atoms with E-state index >= 15 is 0 Å². The van der Waals surface area contributed by atoms with Crippen LogP contribution in [0.2, 0.25) is 0 Å². The molecule has 4 nitrogen and oxygen atoms in total. The molecule has 2 aliphatic rings. The summed E-state index contributed by atoms with van der Waals surface area (Å²) < 4.78 is 40.8. The zero-order valence-electron chi connectivity index (χ0n) is 14.7. The van der Waals surface area contributed by atoms with Crippen LogP contribution in [0.1, 0.15) is 21.8 Å². The first-order chi connectivity index (χ1) is 12.8. The molecule has 2 atom stereocenters. The number of halogens is 3. The number of carbonyl (C=O) groups excluding carboxylic acids is 1. The summed E-state index contributed by atoms with van der Waals surface area (Å²) in [7, 11) is 2.08. The van der Waals surface area contributed by atoms with Crippen LogP contribution in [-0.4, -0.2) is 43.9 Å². The highest BCUT2D eigenvalue weighted by molar-refractivity contribution is 5.97. The number of amides is 1. The highest BCUT2D eigenvalue weighted by Gasteiger charge is 2.36. The molecular weight excluding hydrogens is 357 g/mol. The second kappa shape index (κ2) is 6.56. The van der Waals surface area contributed by atoms with E-state index in [1.165, 1.54) is 12.1 Å². The van der Waals surface area contributed by atoms with Gasteiger partial charge in [0.1, 0.15) is 5.75 Å². The fourth-order valence-electron chi connectivity index (χ4n) is 4.07. The van der Waals surface area contributed by atoms with E-state index < -0.39 is 6.36 Å². The number of fused-ring (bicyclic) bond motifs is 3. The number of hydrogen-bond donors (Lipinski definition) is 1. The zero-order valence-corrected chi connectivity index (χ0v) is 14.7. The Kier molecular flexibility index (Phi) is 4.34. The summed E-state index contributed by atoms with van der Waals surface area (Å²) in [6, 6.07) is 11.4. The number of rotatable bonds is 2. The number of carbonyl (C=O) groups is 1. The lowest BCUT2D eigenvalue weighted by Gasteiger charge is -2.17. The second-order valence-corrected chi connectivity index (χ2v) is 7.17. The van der Waals surface area contributed by atoms with Gasteiger partial charge in [-0.2, -0.15) is 0 Å². The van der Waals surface area contributed by atoms with Gasteiger partial charge in [-0.15, -0.1) is 13.2 Å². The molecule has 2 unspecified atom stereocenters. The number of alkyl halides is 3. The second-order valence-electron chi connectivity index (χ2n) is 7.17. The normalized spacial score (nSPS) is 22.6. The average molecular weight is 376 g/mol. The van der Waals surface area contributed by atoms with Crippen LogP contribution in [0.3, 0.4) is 0 Å². The Morgan fingerprint density at radius 1 is 1.07 bits per heavy atom. The van der Waals surface area contributed by atoms with Crippen molar-refractivity contribution in [3.05, 3.63) is 53.6 Å². The van der Waals surface area contributed by atoms with Gasteiger partial charge in [-0.05, 0) is 47.9 Å². The van der Waals surface area contributed by atoms with E-state index in [1.807, 2.05) is 18.2 Å². The summed E-state index contributed by atoms with van der Waals surface area (Å²) in [6.07, 6.45) is -4.71. The van der Waals surface area contributed by atoms with Crippen molar-refractivity contribution in [2.45, 2.75) is 12.3 Å². The maximum Gasteiger partial charge on any atom is 0.573 e. The SMILES string of the molecule is CN1CC2CNC(=O)c3cc(-c4ccc(OC(F)(F)F)cc4)ccc3C2C1. The Hall–Kier alpha value is -2.54. The van der Waals surface area contributed by atoms with Crippen LogP contribution in [0.4, 0.5) is 13.2 Å². The predicted molar refractivity (Wildman–Crippen MR) is 94.6 cm³/mol. The van der Waals surface area contributed by atoms with Crippen LogP contribution in [0.15, 0.2) is 42.5 Å². The largest absolute Gasteiger partial charge is 0.573 e. The molecule has 1 fully saturated rings. The minimum absolute atomic E-state index is 0.0964. The monoisotopic (exact) mass is 376 g/mol. The lowest BCUT2D eigenvalue weighted by Crippen LogP contribution is -2.29. The van der Waals surface area contributed by atoms with Gasteiger partial charge in [-0.1, -0.05) is 24.3 Å². The topological polar surface area (TPSA) is 41.6 Å². The lowest BCUT2D eigenvalue weighted by molar-refractivity contribution is -0.274. The van der Waals surface area contributed by atoms with E-state index in [1.54, 1.807) is 12.1 Å². The van der Waals surface area contributed by atoms with Crippen LogP contribution in [0.5, 0.6) is 5.75 Å². The van der Waals surface area contributed by atoms with Crippen LogP contribution in [0.25, 0.3) is 11.1 Å². The van der Waals surface area contributed by atoms with Gasteiger partial charge in [0.2, 0.25) is 0 Å². The molecule has 2 aromatic carbocycles. The lowest BCUT2D eigenvalue weighted by atomic mass is 9.86. The Morgan fingerprint density at radius 3 is 2.48 bits per heavy atom. The molecule has 4 rings (SSSR count). The van der Waals surface area contributed by atoms with Gasteiger partial charge in [0, 0.05) is 31.1 Å². The molecule has 27 heavy (non-hydrogen) atoms. The Bertz CT molecular complexity index is 865. The van der Waals surface area contributed by atoms with Crippen molar-refractivity contribution in [2.75, 3.05) is 26.7 Å². The molecule has 1 saturated heterocycles. The smallest absolute Gasteiger partial charge is 0.406 e. The van der Waals surface area contributed by atoms with Gasteiger partial charge in [0.25, 0.3) is 5.91 Å². The molecule has 142 valence electrons. The van der Waals surface area contributed by atoms with Crippen molar-refractivity contribution in [3.8, 4) is 16.9 Å². The number of benzene rings is 2. The highest BCUT2D eigenvalue weighted by atomic mass is 19.4. The summed E-state index contributed by atoms with van der Waals surface area (Å²) >= 11 is 0. The molecule has 0 saturated carbocycles. The Labute approximate surface area is 154 Å². The summed E-state index contributed by atoms with van der Waals surface area (Å²) in [6.45, 7) is 2.52. The Morgan fingerprint density at radius 2 is 1.78 bits per heavy atom. The number of nitrogens with one attached hydrogen (secondary N) is 1. The summed E-state index contributed by atoms with van der Waals surface area (Å²) in [4.78, 5) is 14.8. The fourth-order valence-corrected chi connectivity index (χ4v) is 4.07. The molecule has 1 N–H and O–H groups in total. The highest BCUT2D eigenvalue weighted by Crippen LogP contribution is 2.37. The first-order valence-corrected chi connectivity index (χ1v) is 8.77. The summed E-state index contributed by atoms with van der Waals surface area (Å²) in [5.41, 5.74) is 3.20. The zero-order chi connectivity index (χ0) is 19.2. The van der Waals surface area contributed by atoms with Crippen molar-refractivity contribution in [3.63, 3.8) is 0 Å².